The molecule has 1 aromatic heterocycles. The summed E-state index contributed by atoms with van der Waals surface area (Å²) in [4.78, 5) is 18.7. The van der Waals surface area contributed by atoms with Crippen molar-refractivity contribution >= 4 is 5.78 Å². The highest BCUT2D eigenvalue weighted by molar-refractivity contribution is 5.95. The number of hydrogen-bond acceptors (Lipinski definition) is 4. The van der Waals surface area contributed by atoms with E-state index in [1.807, 2.05) is 24.5 Å². The number of carbonyl (C=O) groups is 1. The molecule has 2 heterocycles. The molecule has 1 atom stereocenters. The molecular weight excluding hydrogens is 305 g/mol. The van der Waals surface area contributed by atoms with E-state index in [2.05, 4.69) is 15.2 Å². The van der Waals surface area contributed by atoms with Crippen molar-refractivity contribution < 1.29 is 9.18 Å². The molecule has 126 valence electrons. The highest BCUT2D eigenvalue weighted by Crippen LogP contribution is 2.22. The normalized spacial score (nSPS) is 18.5. The maximum Gasteiger partial charge on any atom is 0.162 e. The van der Waals surface area contributed by atoms with Crippen molar-refractivity contribution in [2.75, 3.05) is 26.2 Å². The van der Waals surface area contributed by atoms with Gasteiger partial charge in [0.2, 0.25) is 0 Å². The number of carbonyl (C=O) groups excluding carboxylic acids is 1. The van der Waals surface area contributed by atoms with E-state index in [1.54, 1.807) is 12.1 Å². The van der Waals surface area contributed by atoms with Gasteiger partial charge in [-0.1, -0.05) is 0 Å². The minimum atomic E-state index is -0.312. The number of hydrogen-bond donors (Lipinski definition) is 1. The van der Waals surface area contributed by atoms with Gasteiger partial charge in [0.15, 0.2) is 5.78 Å². The van der Waals surface area contributed by atoms with Crippen molar-refractivity contribution in [2.45, 2.75) is 18.9 Å². The summed E-state index contributed by atoms with van der Waals surface area (Å²) in [5.41, 5.74) is 1.84. The molecular formula is C19H22FN3O. The summed E-state index contributed by atoms with van der Waals surface area (Å²) >= 11 is 0. The number of nitrogens with zero attached hydrogens (tertiary/aromatic N) is 2. The molecule has 24 heavy (non-hydrogen) atoms. The lowest BCUT2D eigenvalue weighted by atomic mass is 10.0. The van der Waals surface area contributed by atoms with Crippen molar-refractivity contribution in [1.82, 2.24) is 15.2 Å². The van der Waals surface area contributed by atoms with Crippen LogP contribution in [0.2, 0.25) is 0 Å². The summed E-state index contributed by atoms with van der Waals surface area (Å²) in [6.07, 6.45) is 4.93. The van der Waals surface area contributed by atoms with Crippen LogP contribution in [-0.2, 0) is 0 Å². The van der Waals surface area contributed by atoms with Crippen molar-refractivity contribution in [2.24, 2.45) is 0 Å². The van der Waals surface area contributed by atoms with Crippen LogP contribution in [0.25, 0.3) is 0 Å². The molecule has 0 radical (unpaired) electrons. The number of piperazine rings is 1. The fourth-order valence-corrected chi connectivity index (χ4v) is 3.15. The Morgan fingerprint density at radius 1 is 1.21 bits per heavy atom. The number of nitrogens with one attached hydrogen (secondary N) is 1. The number of rotatable bonds is 6. The van der Waals surface area contributed by atoms with Gasteiger partial charge >= 0.3 is 0 Å². The Kier molecular flexibility index (Phi) is 5.67. The first-order valence-corrected chi connectivity index (χ1v) is 8.37. The average Bonchev–Trinajstić information content (AvgIpc) is 2.63. The smallest absolute Gasteiger partial charge is 0.162 e. The summed E-state index contributed by atoms with van der Waals surface area (Å²) in [7, 11) is 0. The first kappa shape index (κ1) is 16.7. The Hall–Kier alpha value is -2.11. The minimum Gasteiger partial charge on any atom is -0.314 e. The first-order valence-electron chi connectivity index (χ1n) is 8.37. The monoisotopic (exact) mass is 327 g/mol. The van der Waals surface area contributed by atoms with E-state index in [9.17, 15) is 9.18 Å². The van der Waals surface area contributed by atoms with Crippen LogP contribution in [0.3, 0.4) is 0 Å². The van der Waals surface area contributed by atoms with E-state index in [0.29, 0.717) is 18.0 Å². The second-order valence-electron chi connectivity index (χ2n) is 6.07. The number of halogens is 1. The van der Waals surface area contributed by atoms with E-state index in [1.165, 1.54) is 17.7 Å². The Balaban J connectivity index is 1.54. The molecule has 3 rings (SSSR count). The van der Waals surface area contributed by atoms with Gasteiger partial charge in [-0.05, 0) is 54.9 Å². The van der Waals surface area contributed by atoms with Crippen LogP contribution in [0.1, 0.15) is 34.8 Å². The quantitative estimate of drug-likeness (QED) is 0.829. The zero-order valence-electron chi connectivity index (χ0n) is 13.6. The molecule has 1 aliphatic rings. The summed E-state index contributed by atoms with van der Waals surface area (Å²) in [6, 6.07) is 10.2. The fraction of sp³-hybridized carbons (Fsp3) is 0.368. The average molecular weight is 327 g/mol. The Morgan fingerprint density at radius 2 is 1.96 bits per heavy atom. The van der Waals surface area contributed by atoms with Gasteiger partial charge in [-0.2, -0.15) is 0 Å². The molecule has 0 spiro atoms. The number of benzene rings is 1. The molecule has 1 aromatic carbocycles. The molecule has 1 saturated heterocycles. The van der Waals surface area contributed by atoms with Gasteiger partial charge in [0.25, 0.3) is 0 Å². The summed E-state index contributed by atoms with van der Waals surface area (Å²) < 4.78 is 12.9. The van der Waals surface area contributed by atoms with Gasteiger partial charge in [-0.15, -0.1) is 0 Å². The van der Waals surface area contributed by atoms with Crippen molar-refractivity contribution in [3.63, 3.8) is 0 Å². The van der Waals surface area contributed by atoms with Crippen molar-refractivity contribution in [3.8, 4) is 0 Å². The van der Waals surface area contributed by atoms with E-state index in [-0.39, 0.29) is 11.6 Å². The van der Waals surface area contributed by atoms with Crippen molar-refractivity contribution in [1.29, 1.82) is 0 Å². The largest absolute Gasteiger partial charge is 0.314 e. The van der Waals surface area contributed by atoms with Gasteiger partial charge in [-0.25, -0.2) is 4.39 Å². The zero-order chi connectivity index (χ0) is 16.8. The predicted molar refractivity (Wildman–Crippen MR) is 91.4 cm³/mol. The highest BCUT2D eigenvalue weighted by Gasteiger charge is 2.23. The fourth-order valence-electron chi connectivity index (χ4n) is 3.15. The van der Waals surface area contributed by atoms with E-state index in [4.69, 9.17) is 0 Å². The third kappa shape index (κ3) is 4.24. The second-order valence-corrected chi connectivity index (χ2v) is 6.07. The Bertz CT molecular complexity index is 660. The van der Waals surface area contributed by atoms with Crippen LogP contribution in [0.5, 0.6) is 0 Å². The number of ketones is 1. The van der Waals surface area contributed by atoms with Crippen LogP contribution in [0, 0.1) is 5.82 Å². The summed E-state index contributed by atoms with van der Waals surface area (Å²) in [5.74, 6) is -0.238. The van der Waals surface area contributed by atoms with Crippen LogP contribution < -0.4 is 5.32 Å². The lowest BCUT2D eigenvalue weighted by molar-refractivity contribution is 0.0965. The summed E-state index contributed by atoms with van der Waals surface area (Å²) in [5, 5.41) is 3.43. The van der Waals surface area contributed by atoms with E-state index < -0.39 is 0 Å². The standard InChI is InChI=1S/C19H22FN3O/c20-17-5-3-16(4-6-17)19(24)2-1-12-23-13-11-22-14-18(23)15-7-9-21-10-8-15/h3-10,18,22H,1-2,11-14H2. The lowest BCUT2D eigenvalue weighted by Gasteiger charge is -2.36. The third-order valence-corrected chi connectivity index (χ3v) is 4.46. The van der Waals surface area contributed by atoms with Crippen LogP contribution in [-0.4, -0.2) is 41.8 Å². The van der Waals surface area contributed by atoms with Crippen LogP contribution in [0.15, 0.2) is 48.8 Å². The van der Waals surface area contributed by atoms with Gasteiger partial charge < -0.3 is 5.32 Å². The molecule has 0 bridgehead atoms. The lowest BCUT2D eigenvalue weighted by Crippen LogP contribution is -2.46. The van der Waals surface area contributed by atoms with Gasteiger partial charge in [0.1, 0.15) is 5.82 Å². The Morgan fingerprint density at radius 3 is 2.71 bits per heavy atom. The second kappa shape index (κ2) is 8.13. The SMILES string of the molecule is O=C(CCCN1CCNCC1c1ccncc1)c1ccc(F)cc1. The molecule has 0 amide bonds. The number of aromatic nitrogens is 1. The maximum absolute atomic E-state index is 12.9. The molecule has 1 fully saturated rings. The molecule has 0 saturated carbocycles. The predicted octanol–water partition coefficient (Wildman–Crippen LogP) is 2.83. The van der Waals surface area contributed by atoms with Crippen LogP contribution in [0.4, 0.5) is 4.39 Å². The molecule has 1 N–H and O–H groups in total. The number of pyridine rings is 1. The molecule has 1 unspecified atom stereocenters. The molecule has 2 aromatic rings. The zero-order valence-corrected chi connectivity index (χ0v) is 13.6. The molecule has 1 aliphatic heterocycles. The summed E-state index contributed by atoms with van der Waals surface area (Å²) in [6.45, 7) is 3.72. The van der Waals surface area contributed by atoms with E-state index >= 15 is 0 Å². The van der Waals surface area contributed by atoms with Crippen LogP contribution >= 0.6 is 0 Å². The van der Waals surface area contributed by atoms with Gasteiger partial charge in [0, 0.05) is 50.1 Å². The molecule has 4 nitrogen and oxygen atoms in total. The third-order valence-electron chi connectivity index (χ3n) is 4.46. The maximum atomic E-state index is 12.9. The molecule has 0 aliphatic carbocycles. The minimum absolute atomic E-state index is 0.0746. The topological polar surface area (TPSA) is 45.2 Å². The van der Waals surface area contributed by atoms with E-state index in [0.717, 1.165) is 32.6 Å². The van der Waals surface area contributed by atoms with Crippen molar-refractivity contribution in [3.05, 3.63) is 65.7 Å². The van der Waals surface area contributed by atoms with Gasteiger partial charge in [0.05, 0.1) is 0 Å². The first-order chi connectivity index (χ1) is 11.7. The highest BCUT2D eigenvalue weighted by atomic mass is 19.1. The molecule has 5 heteroatoms. The van der Waals surface area contributed by atoms with Gasteiger partial charge in [-0.3, -0.25) is 14.7 Å². The Labute approximate surface area is 141 Å². The number of Topliss-reactive ketones (excluding diaryl/α,β-unsaturated/α-hetero) is 1.